The maximum Gasteiger partial charge on any atom is 0.163 e. The van der Waals surface area contributed by atoms with Crippen LogP contribution < -0.4 is 0 Å². The van der Waals surface area contributed by atoms with Gasteiger partial charge in [-0.05, 0) is 43.5 Å². The average molecular weight is 283 g/mol. The number of Topliss-reactive ketones (excluding diaryl/α,β-unsaturated/α-hetero) is 1. The third-order valence-electron chi connectivity index (χ3n) is 2.81. The van der Waals surface area contributed by atoms with Crippen LogP contribution in [0.15, 0.2) is 16.6 Å². The normalized spacial score (nSPS) is 10.5. The molecule has 0 radical (unpaired) electrons. The van der Waals surface area contributed by atoms with Gasteiger partial charge in [-0.15, -0.1) is 0 Å². The fourth-order valence-corrected chi connectivity index (χ4v) is 2.21. The van der Waals surface area contributed by atoms with Gasteiger partial charge in [0.2, 0.25) is 0 Å². The predicted octanol–water partition coefficient (Wildman–Crippen LogP) is 4.83. The van der Waals surface area contributed by atoms with E-state index in [-0.39, 0.29) is 5.78 Å². The van der Waals surface area contributed by atoms with Crippen LogP contribution in [0.2, 0.25) is 0 Å². The zero-order valence-corrected chi connectivity index (χ0v) is 11.9. The monoisotopic (exact) mass is 282 g/mol. The minimum atomic E-state index is 0.279. The first-order chi connectivity index (χ1) is 7.56. The number of rotatable bonds is 5. The maximum absolute atomic E-state index is 12.0. The van der Waals surface area contributed by atoms with Crippen molar-refractivity contribution >= 4 is 21.7 Å². The number of hydrogen-bond donors (Lipinski definition) is 0. The van der Waals surface area contributed by atoms with E-state index in [0.717, 1.165) is 40.4 Å². The van der Waals surface area contributed by atoms with E-state index < -0.39 is 0 Å². The number of hydrogen-bond acceptors (Lipinski definition) is 1. The van der Waals surface area contributed by atoms with Crippen LogP contribution in [-0.2, 0) is 0 Å². The lowest BCUT2D eigenvalue weighted by Crippen LogP contribution is -2.02. The molecule has 1 nitrogen and oxygen atoms in total. The first-order valence-electron chi connectivity index (χ1n) is 5.86. The van der Waals surface area contributed by atoms with Crippen molar-refractivity contribution in [2.24, 2.45) is 0 Å². The van der Waals surface area contributed by atoms with Gasteiger partial charge in [0, 0.05) is 16.5 Å². The zero-order chi connectivity index (χ0) is 12.1. The lowest BCUT2D eigenvalue weighted by atomic mass is 9.98. The van der Waals surface area contributed by atoms with Crippen LogP contribution >= 0.6 is 15.9 Å². The second-order valence-electron chi connectivity index (χ2n) is 4.30. The van der Waals surface area contributed by atoms with E-state index in [4.69, 9.17) is 0 Å². The molecule has 1 rings (SSSR count). The fourth-order valence-electron chi connectivity index (χ4n) is 1.75. The van der Waals surface area contributed by atoms with Crippen LogP contribution in [0, 0.1) is 13.8 Å². The Morgan fingerprint density at radius 3 is 2.50 bits per heavy atom. The van der Waals surface area contributed by atoms with E-state index in [1.807, 2.05) is 26.0 Å². The molecule has 0 bridgehead atoms. The summed E-state index contributed by atoms with van der Waals surface area (Å²) in [5.41, 5.74) is 3.08. The predicted molar refractivity (Wildman–Crippen MR) is 72.1 cm³/mol. The van der Waals surface area contributed by atoms with Crippen molar-refractivity contribution < 1.29 is 4.79 Å². The van der Waals surface area contributed by atoms with E-state index in [0.29, 0.717) is 6.42 Å². The summed E-state index contributed by atoms with van der Waals surface area (Å²) >= 11 is 3.48. The number of unbranched alkanes of at least 4 members (excludes halogenated alkanes) is 2. The molecule has 0 aliphatic rings. The number of carbonyl (C=O) groups is 1. The summed E-state index contributed by atoms with van der Waals surface area (Å²) < 4.78 is 1.08. The van der Waals surface area contributed by atoms with Gasteiger partial charge in [0.05, 0.1) is 0 Å². The smallest absolute Gasteiger partial charge is 0.163 e. The molecule has 1 aromatic carbocycles. The van der Waals surface area contributed by atoms with E-state index >= 15 is 0 Å². The summed E-state index contributed by atoms with van der Waals surface area (Å²) in [7, 11) is 0. The first-order valence-corrected chi connectivity index (χ1v) is 6.65. The number of aryl methyl sites for hydroxylation is 2. The van der Waals surface area contributed by atoms with E-state index in [1.165, 1.54) is 0 Å². The molecule has 0 atom stereocenters. The van der Waals surface area contributed by atoms with Gasteiger partial charge in [0.25, 0.3) is 0 Å². The highest BCUT2D eigenvalue weighted by atomic mass is 79.9. The van der Waals surface area contributed by atoms with Gasteiger partial charge in [-0.3, -0.25) is 4.79 Å². The van der Waals surface area contributed by atoms with E-state index in [2.05, 4.69) is 22.9 Å². The van der Waals surface area contributed by atoms with E-state index in [9.17, 15) is 4.79 Å². The van der Waals surface area contributed by atoms with Gasteiger partial charge in [0.1, 0.15) is 0 Å². The Morgan fingerprint density at radius 2 is 1.88 bits per heavy atom. The first kappa shape index (κ1) is 13.4. The molecule has 0 amide bonds. The summed E-state index contributed by atoms with van der Waals surface area (Å²) in [6.07, 6.45) is 3.98. The Bertz CT molecular complexity index is 383. The molecular weight excluding hydrogens is 264 g/mol. The van der Waals surface area contributed by atoms with Crippen molar-refractivity contribution in [3.05, 3.63) is 33.3 Å². The van der Waals surface area contributed by atoms with Gasteiger partial charge >= 0.3 is 0 Å². The van der Waals surface area contributed by atoms with Crippen LogP contribution in [0.25, 0.3) is 0 Å². The summed E-state index contributed by atoms with van der Waals surface area (Å²) in [6, 6.07) is 4.02. The second-order valence-corrected chi connectivity index (χ2v) is 5.15. The SMILES string of the molecule is CCCCCC(=O)c1cc(C)c(Br)cc1C. The highest BCUT2D eigenvalue weighted by molar-refractivity contribution is 9.10. The minimum absolute atomic E-state index is 0.279. The van der Waals surface area contributed by atoms with Crippen LogP contribution in [0.1, 0.15) is 54.1 Å². The topological polar surface area (TPSA) is 17.1 Å². The van der Waals surface area contributed by atoms with Gasteiger partial charge in [0.15, 0.2) is 5.78 Å². The molecule has 0 saturated carbocycles. The van der Waals surface area contributed by atoms with Crippen LogP contribution in [0.5, 0.6) is 0 Å². The highest BCUT2D eigenvalue weighted by Crippen LogP contribution is 2.22. The van der Waals surface area contributed by atoms with Crippen LogP contribution in [0.3, 0.4) is 0 Å². The molecule has 2 heteroatoms. The third kappa shape index (κ3) is 3.44. The van der Waals surface area contributed by atoms with Gasteiger partial charge in [-0.2, -0.15) is 0 Å². The Morgan fingerprint density at radius 1 is 1.19 bits per heavy atom. The molecule has 1 aromatic rings. The standard InChI is InChI=1S/C14H19BrO/c1-4-5-6-7-14(16)12-8-11(3)13(15)9-10(12)2/h8-9H,4-7H2,1-3H3. The van der Waals surface area contributed by atoms with Crippen molar-refractivity contribution in [1.29, 1.82) is 0 Å². The lowest BCUT2D eigenvalue weighted by molar-refractivity contribution is 0.0978. The number of benzene rings is 1. The molecule has 0 aromatic heterocycles. The summed E-state index contributed by atoms with van der Waals surface area (Å²) in [5.74, 6) is 0.279. The average Bonchev–Trinajstić information content (AvgIpc) is 2.23. The lowest BCUT2D eigenvalue weighted by Gasteiger charge is -2.08. The Labute approximate surface area is 106 Å². The van der Waals surface area contributed by atoms with Crippen molar-refractivity contribution in [2.75, 3.05) is 0 Å². The molecule has 0 aliphatic carbocycles. The molecule has 0 spiro atoms. The number of ketones is 1. The minimum Gasteiger partial charge on any atom is -0.294 e. The number of halogens is 1. The zero-order valence-electron chi connectivity index (χ0n) is 10.3. The summed E-state index contributed by atoms with van der Waals surface area (Å²) in [5, 5.41) is 0. The molecule has 0 fully saturated rings. The Hall–Kier alpha value is -0.630. The Kier molecular flexibility index (Phi) is 5.20. The van der Waals surface area contributed by atoms with Crippen LogP contribution in [-0.4, -0.2) is 5.78 Å². The largest absolute Gasteiger partial charge is 0.294 e. The van der Waals surface area contributed by atoms with Crippen molar-refractivity contribution in [2.45, 2.75) is 46.5 Å². The maximum atomic E-state index is 12.0. The van der Waals surface area contributed by atoms with Crippen molar-refractivity contribution in [1.82, 2.24) is 0 Å². The molecule has 0 aliphatic heterocycles. The quantitative estimate of drug-likeness (QED) is 0.559. The molecule has 0 saturated heterocycles. The summed E-state index contributed by atoms with van der Waals surface area (Å²) in [4.78, 5) is 12.0. The molecular formula is C14H19BrO. The second kappa shape index (κ2) is 6.19. The molecule has 16 heavy (non-hydrogen) atoms. The highest BCUT2D eigenvalue weighted by Gasteiger charge is 2.10. The van der Waals surface area contributed by atoms with Crippen molar-refractivity contribution in [3.63, 3.8) is 0 Å². The third-order valence-corrected chi connectivity index (χ3v) is 3.67. The van der Waals surface area contributed by atoms with Gasteiger partial charge in [-0.1, -0.05) is 35.7 Å². The number of carbonyl (C=O) groups excluding carboxylic acids is 1. The van der Waals surface area contributed by atoms with Crippen LogP contribution in [0.4, 0.5) is 0 Å². The van der Waals surface area contributed by atoms with Gasteiger partial charge in [-0.25, -0.2) is 0 Å². The Balaban J connectivity index is 2.79. The molecule has 88 valence electrons. The molecule has 0 unspecified atom stereocenters. The molecule has 0 N–H and O–H groups in total. The fraction of sp³-hybridized carbons (Fsp3) is 0.500. The van der Waals surface area contributed by atoms with Crippen molar-refractivity contribution in [3.8, 4) is 0 Å². The summed E-state index contributed by atoms with van der Waals surface area (Å²) in [6.45, 7) is 6.17. The molecule has 0 heterocycles. The van der Waals surface area contributed by atoms with E-state index in [1.54, 1.807) is 0 Å². The van der Waals surface area contributed by atoms with Gasteiger partial charge < -0.3 is 0 Å².